The van der Waals surface area contributed by atoms with Crippen molar-refractivity contribution in [2.45, 2.75) is 26.9 Å². The Labute approximate surface area is 189 Å². The lowest BCUT2D eigenvalue weighted by molar-refractivity contribution is 0.330. The van der Waals surface area contributed by atoms with E-state index in [0.29, 0.717) is 30.5 Å². The smallest absolute Gasteiger partial charge is 0.191 e. The number of benzene rings is 2. The Bertz CT molecular complexity index is 1130. The van der Waals surface area contributed by atoms with E-state index in [1.165, 1.54) is 0 Å². The molecule has 1 heterocycles. The molecule has 7 heteroatoms. The van der Waals surface area contributed by atoms with Crippen molar-refractivity contribution < 1.29 is 9.47 Å². The zero-order valence-electron chi connectivity index (χ0n) is 19.0. The number of terminal acetylenes is 1. The van der Waals surface area contributed by atoms with E-state index in [1.54, 1.807) is 14.2 Å². The minimum atomic E-state index is 0.186. The largest absolute Gasteiger partial charge is 0.493 e. The molecule has 3 rings (SSSR count). The summed E-state index contributed by atoms with van der Waals surface area (Å²) < 4.78 is 12.9. The van der Waals surface area contributed by atoms with Crippen molar-refractivity contribution in [3.63, 3.8) is 0 Å². The van der Waals surface area contributed by atoms with Crippen LogP contribution in [0.15, 0.2) is 53.5 Å². The van der Waals surface area contributed by atoms with Gasteiger partial charge in [0.15, 0.2) is 17.5 Å². The number of nitrogens with zero attached hydrogens (tertiary/aromatic N) is 3. The summed E-state index contributed by atoms with van der Waals surface area (Å²) in [6, 6.07) is 16.0. The minimum absolute atomic E-state index is 0.186. The van der Waals surface area contributed by atoms with Crippen LogP contribution in [0.2, 0.25) is 0 Å². The van der Waals surface area contributed by atoms with Crippen LogP contribution in [0.4, 0.5) is 0 Å². The number of guanidine groups is 1. The molecular weight excluding hydrogens is 402 g/mol. The van der Waals surface area contributed by atoms with Crippen molar-refractivity contribution in [1.82, 2.24) is 20.4 Å². The van der Waals surface area contributed by atoms with Gasteiger partial charge in [-0.15, -0.1) is 6.42 Å². The summed E-state index contributed by atoms with van der Waals surface area (Å²) in [5.41, 5.74) is 5.28. The highest BCUT2D eigenvalue weighted by atomic mass is 16.5. The zero-order valence-corrected chi connectivity index (χ0v) is 19.0. The van der Waals surface area contributed by atoms with Crippen LogP contribution < -0.4 is 20.1 Å². The normalized spacial score (nSPS) is 11.0. The number of aliphatic imine (C=N–C) groups is 1. The third kappa shape index (κ3) is 5.61. The quantitative estimate of drug-likeness (QED) is 0.325. The van der Waals surface area contributed by atoms with Gasteiger partial charge >= 0.3 is 0 Å². The van der Waals surface area contributed by atoms with Gasteiger partial charge in [0.1, 0.15) is 6.61 Å². The molecule has 2 N–H and O–H groups in total. The van der Waals surface area contributed by atoms with Crippen molar-refractivity contribution in [2.75, 3.05) is 20.8 Å². The molecule has 0 spiro atoms. The predicted octanol–water partition coefficient (Wildman–Crippen LogP) is 3.37. The molecule has 1 aromatic heterocycles. The van der Waals surface area contributed by atoms with Crippen LogP contribution in [-0.4, -0.2) is 36.5 Å². The van der Waals surface area contributed by atoms with Crippen molar-refractivity contribution in [1.29, 1.82) is 0 Å². The van der Waals surface area contributed by atoms with Gasteiger partial charge in [-0.3, -0.25) is 4.99 Å². The third-order valence-corrected chi connectivity index (χ3v) is 4.90. The fourth-order valence-corrected chi connectivity index (χ4v) is 3.39. The molecule has 0 saturated heterocycles. The lowest BCUT2D eigenvalue weighted by Gasteiger charge is -2.16. The summed E-state index contributed by atoms with van der Waals surface area (Å²) >= 11 is 0. The van der Waals surface area contributed by atoms with E-state index in [1.807, 2.05) is 41.9 Å². The highest BCUT2D eigenvalue weighted by Gasteiger charge is 2.10. The molecule has 0 saturated carbocycles. The molecule has 166 valence electrons. The monoisotopic (exact) mass is 431 g/mol. The molecule has 7 nitrogen and oxygen atoms in total. The van der Waals surface area contributed by atoms with E-state index >= 15 is 0 Å². The molecule has 0 bridgehead atoms. The number of aromatic nitrogens is 2. The Morgan fingerprint density at radius 2 is 1.88 bits per heavy atom. The van der Waals surface area contributed by atoms with Crippen LogP contribution in [0.3, 0.4) is 0 Å². The first-order valence-electron chi connectivity index (χ1n) is 10.3. The average Bonchev–Trinajstić information content (AvgIpc) is 3.15. The summed E-state index contributed by atoms with van der Waals surface area (Å²) in [4.78, 5) is 4.34. The number of hydrogen-bond acceptors (Lipinski definition) is 4. The van der Waals surface area contributed by atoms with Gasteiger partial charge in [0.25, 0.3) is 0 Å². The first-order valence-corrected chi connectivity index (χ1v) is 10.3. The summed E-state index contributed by atoms with van der Waals surface area (Å²) in [6.45, 7) is 5.41. The molecule has 2 aromatic carbocycles. The second-order valence-corrected chi connectivity index (χ2v) is 7.22. The number of hydrogen-bond donors (Lipinski definition) is 2. The minimum Gasteiger partial charge on any atom is -0.493 e. The van der Waals surface area contributed by atoms with Gasteiger partial charge in [0.05, 0.1) is 18.5 Å². The van der Waals surface area contributed by atoms with Crippen LogP contribution in [-0.2, 0) is 13.1 Å². The fourth-order valence-electron chi connectivity index (χ4n) is 3.39. The molecule has 0 aliphatic carbocycles. The topological polar surface area (TPSA) is 72.7 Å². The SMILES string of the molecule is C#CCOc1cc(CNC(=NC)NCc2ccccc2-n2nc(C)cc2C)ccc1OC. The molecule has 3 aromatic rings. The van der Waals surface area contributed by atoms with E-state index < -0.39 is 0 Å². The zero-order chi connectivity index (χ0) is 22.9. The van der Waals surface area contributed by atoms with Crippen LogP contribution in [0, 0.1) is 26.2 Å². The highest BCUT2D eigenvalue weighted by Crippen LogP contribution is 2.28. The second kappa shape index (κ2) is 10.9. The molecule has 0 amide bonds. The van der Waals surface area contributed by atoms with Gasteiger partial charge in [0, 0.05) is 25.8 Å². The van der Waals surface area contributed by atoms with Gasteiger partial charge in [0.2, 0.25) is 0 Å². The average molecular weight is 432 g/mol. The van der Waals surface area contributed by atoms with Gasteiger partial charge in [-0.25, -0.2) is 4.68 Å². The lowest BCUT2D eigenvalue weighted by atomic mass is 10.1. The first kappa shape index (κ1) is 22.8. The predicted molar refractivity (Wildman–Crippen MR) is 127 cm³/mol. The number of rotatable bonds is 8. The van der Waals surface area contributed by atoms with Crippen molar-refractivity contribution in [3.8, 4) is 29.5 Å². The van der Waals surface area contributed by atoms with Crippen molar-refractivity contribution >= 4 is 5.96 Å². The Hall–Kier alpha value is -3.92. The maximum Gasteiger partial charge on any atom is 0.191 e. The van der Waals surface area contributed by atoms with E-state index in [0.717, 1.165) is 28.2 Å². The number of methoxy groups -OCH3 is 1. The van der Waals surface area contributed by atoms with Crippen molar-refractivity contribution in [3.05, 3.63) is 71.0 Å². The summed E-state index contributed by atoms with van der Waals surface area (Å²) in [7, 11) is 3.35. The van der Waals surface area contributed by atoms with E-state index in [2.05, 4.69) is 51.8 Å². The highest BCUT2D eigenvalue weighted by molar-refractivity contribution is 5.79. The summed E-state index contributed by atoms with van der Waals surface area (Å²) in [5, 5.41) is 11.3. The molecule has 0 unspecified atom stereocenters. The lowest BCUT2D eigenvalue weighted by Crippen LogP contribution is -2.36. The summed E-state index contributed by atoms with van der Waals surface area (Å²) in [5.74, 6) is 4.42. The number of ether oxygens (including phenoxy) is 2. The molecule has 0 atom stereocenters. The Morgan fingerprint density at radius 1 is 1.09 bits per heavy atom. The maximum atomic E-state index is 5.58. The molecule has 32 heavy (non-hydrogen) atoms. The third-order valence-electron chi connectivity index (χ3n) is 4.90. The fraction of sp³-hybridized carbons (Fsp3) is 0.280. The molecule has 0 radical (unpaired) electrons. The Balaban J connectivity index is 1.66. The molecule has 0 aliphatic rings. The number of para-hydroxylation sites is 1. The molecular formula is C25H29N5O2. The van der Waals surface area contributed by atoms with Gasteiger partial charge in [-0.05, 0) is 49.2 Å². The van der Waals surface area contributed by atoms with Crippen molar-refractivity contribution in [2.24, 2.45) is 4.99 Å². The molecule has 0 fully saturated rings. The van der Waals surface area contributed by atoms with E-state index in [-0.39, 0.29) is 6.61 Å². The maximum absolute atomic E-state index is 5.58. The van der Waals surface area contributed by atoms with Crippen LogP contribution >= 0.6 is 0 Å². The van der Waals surface area contributed by atoms with Crippen LogP contribution in [0.1, 0.15) is 22.5 Å². The Kier molecular flexibility index (Phi) is 7.76. The van der Waals surface area contributed by atoms with Crippen LogP contribution in [0.5, 0.6) is 11.5 Å². The van der Waals surface area contributed by atoms with Gasteiger partial charge < -0.3 is 20.1 Å². The number of nitrogens with one attached hydrogen (secondary N) is 2. The van der Waals surface area contributed by atoms with E-state index in [4.69, 9.17) is 15.9 Å². The summed E-state index contributed by atoms with van der Waals surface area (Å²) in [6.07, 6.45) is 5.30. The van der Waals surface area contributed by atoms with Gasteiger partial charge in [-0.1, -0.05) is 30.2 Å². The molecule has 0 aliphatic heterocycles. The van der Waals surface area contributed by atoms with E-state index in [9.17, 15) is 0 Å². The van der Waals surface area contributed by atoms with Gasteiger partial charge in [-0.2, -0.15) is 5.10 Å². The second-order valence-electron chi connectivity index (χ2n) is 7.22. The standard InChI is InChI=1S/C25H29N5O2/c1-6-13-32-24-15-20(11-12-23(24)31-5)16-27-25(26-4)28-17-21-9-7-8-10-22(21)30-19(3)14-18(2)29-30/h1,7-12,14-15H,13,16-17H2,2-5H3,(H2,26,27,28). The van der Waals surface area contributed by atoms with Crippen LogP contribution in [0.25, 0.3) is 5.69 Å². The first-order chi connectivity index (χ1) is 15.5. The number of aryl methyl sites for hydroxylation is 2. The Morgan fingerprint density at radius 3 is 2.56 bits per heavy atom.